The Morgan fingerprint density at radius 1 is 1.33 bits per heavy atom. The molecule has 0 saturated carbocycles. The first-order valence-electron chi connectivity index (χ1n) is 5.06. The van der Waals surface area contributed by atoms with Gasteiger partial charge in [0.15, 0.2) is 0 Å². The Hall–Kier alpha value is -0.770. The van der Waals surface area contributed by atoms with E-state index in [0.29, 0.717) is 12.2 Å². The number of halogens is 4. The molecule has 0 aliphatic rings. The van der Waals surface area contributed by atoms with Crippen LogP contribution in [0.5, 0.6) is 0 Å². The lowest BCUT2D eigenvalue weighted by Crippen LogP contribution is -2.16. The number of ether oxygens (including phenoxy) is 1. The Labute approximate surface area is 119 Å². The zero-order chi connectivity index (χ0) is 13.8. The summed E-state index contributed by atoms with van der Waals surface area (Å²) in [6.45, 7) is 2.08. The zero-order valence-corrected chi connectivity index (χ0v) is 11.7. The summed E-state index contributed by atoms with van der Waals surface area (Å²) < 4.78 is 16.0. The van der Waals surface area contributed by atoms with Crippen LogP contribution in [0.25, 0.3) is 5.76 Å². The number of hydrogen-bond acceptors (Lipinski definition) is 2. The fourth-order valence-electron chi connectivity index (χ4n) is 1.18. The number of hydrogen-bond donors (Lipinski definition) is 0. The number of carbonyl (C=O) groups excluding carboxylic acids is 1. The number of alkyl halides is 3. The minimum Gasteiger partial charge on any atom is -0.493 e. The van der Waals surface area contributed by atoms with E-state index in [1.165, 1.54) is 24.3 Å². The van der Waals surface area contributed by atoms with Crippen molar-refractivity contribution in [3.63, 3.8) is 0 Å². The second kappa shape index (κ2) is 6.41. The molecule has 0 aliphatic heterocycles. The maximum Gasteiger partial charge on any atom is 0.252 e. The Bertz CT molecular complexity index is 449. The third kappa shape index (κ3) is 4.48. The van der Waals surface area contributed by atoms with Gasteiger partial charge in [0, 0.05) is 11.6 Å². The Morgan fingerprint density at radius 2 is 1.89 bits per heavy atom. The summed E-state index contributed by atoms with van der Waals surface area (Å²) in [4.78, 5) is 11.6. The van der Waals surface area contributed by atoms with Gasteiger partial charge in [0.1, 0.15) is 11.6 Å². The number of rotatable bonds is 4. The lowest BCUT2D eigenvalue weighted by molar-refractivity contribution is -0.113. The van der Waals surface area contributed by atoms with Crippen molar-refractivity contribution in [1.29, 1.82) is 0 Å². The average Bonchev–Trinajstić information content (AvgIpc) is 2.28. The molecule has 0 spiro atoms. The standard InChI is InChI=1S/C12H10Cl3FO2/c1-2-18-10(7-11(17)12(13,14)15)8-3-5-9(16)6-4-8/h3-7H,2H2,1H3. The molecule has 0 atom stereocenters. The van der Waals surface area contributed by atoms with E-state index in [1.54, 1.807) is 6.92 Å². The smallest absolute Gasteiger partial charge is 0.252 e. The van der Waals surface area contributed by atoms with Crippen LogP contribution in [-0.4, -0.2) is 16.2 Å². The second-order valence-corrected chi connectivity index (χ2v) is 5.59. The number of allylic oxidation sites excluding steroid dienone is 1. The summed E-state index contributed by atoms with van der Waals surface area (Å²) in [5, 5.41) is 0. The first kappa shape index (κ1) is 15.3. The fourth-order valence-corrected chi connectivity index (χ4v) is 1.34. The highest BCUT2D eigenvalue weighted by Gasteiger charge is 2.29. The number of ketones is 1. The monoisotopic (exact) mass is 310 g/mol. The highest BCUT2D eigenvalue weighted by Crippen LogP contribution is 2.29. The van der Waals surface area contributed by atoms with Gasteiger partial charge in [0.2, 0.25) is 5.78 Å². The molecule has 18 heavy (non-hydrogen) atoms. The first-order chi connectivity index (χ1) is 8.34. The topological polar surface area (TPSA) is 26.3 Å². The molecule has 0 aromatic heterocycles. The van der Waals surface area contributed by atoms with Crippen LogP contribution in [0.4, 0.5) is 4.39 Å². The highest BCUT2D eigenvalue weighted by atomic mass is 35.6. The third-order valence-electron chi connectivity index (χ3n) is 1.97. The largest absolute Gasteiger partial charge is 0.493 e. The zero-order valence-electron chi connectivity index (χ0n) is 9.42. The molecule has 0 unspecified atom stereocenters. The van der Waals surface area contributed by atoms with Gasteiger partial charge in [0.25, 0.3) is 3.79 Å². The molecule has 0 saturated heterocycles. The molecule has 98 valence electrons. The van der Waals surface area contributed by atoms with Crippen molar-refractivity contribution in [2.75, 3.05) is 6.61 Å². The predicted octanol–water partition coefficient (Wildman–Crippen LogP) is 4.14. The fraction of sp³-hybridized carbons (Fsp3) is 0.250. The van der Waals surface area contributed by atoms with Gasteiger partial charge in [-0.3, -0.25) is 4.79 Å². The van der Waals surface area contributed by atoms with Gasteiger partial charge < -0.3 is 4.74 Å². The van der Waals surface area contributed by atoms with Crippen LogP contribution in [0.2, 0.25) is 0 Å². The van der Waals surface area contributed by atoms with Gasteiger partial charge >= 0.3 is 0 Å². The lowest BCUT2D eigenvalue weighted by atomic mass is 10.1. The van der Waals surface area contributed by atoms with E-state index in [0.717, 1.165) is 6.08 Å². The molecule has 0 N–H and O–H groups in total. The maximum atomic E-state index is 12.8. The normalized spacial score (nSPS) is 12.4. The van der Waals surface area contributed by atoms with Crippen molar-refractivity contribution < 1.29 is 13.9 Å². The van der Waals surface area contributed by atoms with Crippen LogP contribution >= 0.6 is 34.8 Å². The molecule has 1 aromatic carbocycles. The van der Waals surface area contributed by atoms with Crippen molar-refractivity contribution in [2.24, 2.45) is 0 Å². The lowest BCUT2D eigenvalue weighted by Gasteiger charge is -2.11. The van der Waals surface area contributed by atoms with Crippen molar-refractivity contribution in [2.45, 2.75) is 10.7 Å². The van der Waals surface area contributed by atoms with E-state index < -0.39 is 9.58 Å². The van der Waals surface area contributed by atoms with E-state index in [9.17, 15) is 9.18 Å². The van der Waals surface area contributed by atoms with Crippen LogP contribution < -0.4 is 0 Å². The Morgan fingerprint density at radius 3 is 2.33 bits per heavy atom. The molecule has 1 rings (SSSR count). The number of carbonyl (C=O) groups is 1. The summed E-state index contributed by atoms with van der Waals surface area (Å²) in [7, 11) is 0. The molecule has 6 heteroatoms. The first-order valence-corrected chi connectivity index (χ1v) is 6.19. The molecule has 0 amide bonds. The van der Waals surface area contributed by atoms with E-state index in [-0.39, 0.29) is 11.6 Å². The van der Waals surface area contributed by atoms with Gasteiger partial charge in [-0.15, -0.1) is 0 Å². The van der Waals surface area contributed by atoms with Gasteiger partial charge in [-0.1, -0.05) is 34.8 Å². The second-order valence-electron chi connectivity index (χ2n) is 3.31. The molecule has 0 fully saturated rings. The van der Waals surface area contributed by atoms with E-state index >= 15 is 0 Å². The SMILES string of the molecule is CCOC(=CC(=O)C(Cl)(Cl)Cl)c1ccc(F)cc1. The molecular weight excluding hydrogens is 301 g/mol. The third-order valence-corrected chi connectivity index (χ3v) is 2.53. The van der Waals surface area contributed by atoms with E-state index in [1.807, 2.05) is 0 Å². The van der Waals surface area contributed by atoms with Crippen molar-refractivity contribution in [3.8, 4) is 0 Å². The summed E-state index contributed by atoms with van der Waals surface area (Å²) in [6.07, 6.45) is 1.09. The average molecular weight is 312 g/mol. The number of benzene rings is 1. The van der Waals surface area contributed by atoms with E-state index in [4.69, 9.17) is 39.5 Å². The van der Waals surface area contributed by atoms with Crippen LogP contribution in [0.3, 0.4) is 0 Å². The van der Waals surface area contributed by atoms with Crippen LogP contribution in [0.1, 0.15) is 12.5 Å². The summed E-state index contributed by atoms with van der Waals surface area (Å²) in [5.41, 5.74) is 0.529. The minimum absolute atomic E-state index is 0.230. The van der Waals surface area contributed by atoms with Gasteiger partial charge in [0.05, 0.1) is 6.61 Å². The van der Waals surface area contributed by atoms with Crippen LogP contribution in [-0.2, 0) is 9.53 Å². The molecule has 0 aliphatic carbocycles. The molecule has 0 bridgehead atoms. The molecular formula is C12H10Cl3FO2. The molecule has 0 heterocycles. The highest BCUT2D eigenvalue weighted by molar-refractivity contribution is 6.77. The Balaban J connectivity index is 3.06. The predicted molar refractivity (Wildman–Crippen MR) is 71.3 cm³/mol. The summed E-state index contributed by atoms with van der Waals surface area (Å²) in [6, 6.07) is 5.45. The molecule has 1 aromatic rings. The van der Waals surface area contributed by atoms with Gasteiger partial charge in [-0.05, 0) is 31.2 Å². The van der Waals surface area contributed by atoms with Crippen LogP contribution in [0.15, 0.2) is 30.3 Å². The maximum absolute atomic E-state index is 12.8. The quantitative estimate of drug-likeness (QED) is 0.474. The van der Waals surface area contributed by atoms with Crippen molar-refractivity contribution in [1.82, 2.24) is 0 Å². The summed E-state index contributed by atoms with van der Waals surface area (Å²) in [5.74, 6) is -0.878. The van der Waals surface area contributed by atoms with E-state index in [2.05, 4.69) is 0 Å². The minimum atomic E-state index is -2.04. The molecule has 0 radical (unpaired) electrons. The molecule has 2 nitrogen and oxygen atoms in total. The van der Waals surface area contributed by atoms with Gasteiger partial charge in [-0.2, -0.15) is 0 Å². The Kier molecular flexibility index (Phi) is 5.45. The van der Waals surface area contributed by atoms with Crippen molar-refractivity contribution in [3.05, 3.63) is 41.7 Å². The van der Waals surface area contributed by atoms with Gasteiger partial charge in [-0.25, -0.2) is 4.39 Å². The van der Waals surface area contributed by atoms with Crippen molar-refractivity contribution >= 4 is 46.3 Å². The van der Waals surface area contributed by atoms with Crippen LogP contribution in [0, 0.1) is 5.82 Å². The summed E-state index contributed by atoms with van der Waals surface area (Å²) >= 11 is 16.4.